The normalized spacial score (nSPS) is 13.3. The lowest BCUT2D eigenvalue weighted by Gasteiger charge is -2.36. The SMILES string of the molecule is CCCCCCCCC(CCC(=O)O)C(OC)(OC)OC. The van der Waals surface area contributed by atoms with Gasteiger partial charge in [0.2, 0.25) is 0 Å². The van der Waals surface area contributed by atoms with Gasteiger partial charge < -0.3 is 19.3 Å². The summed E-state index contributed by atoms with van der Waals surface area (Å²) in [5.41, 5.74) is 0. The van der Waals surface area contributed by atoms with Crippen LogP contribution in [0.2, 0.25) is 0 Å². The largest absolute Gasteiger partial charge is 0.481 e. The van der Waals surface area contributed by atoms with E-state index in [2.05, 4.69) is 6.92 Å². The predicted octanol–water partition coefficient (Wildman–Crippen LogP) is 3.81. The molecule has 21 heavy (non-hydrogen) atoms. The highest BCUT2D eigenvalue weighted by Gasteiger charge is 2.39. The Kier molecular flexibility index (Phi) is 11.6. The molecule has 1 unspecified atom stereocenters. The fourth-order valence-electron chi connectivity index (χ4n) is 2.72. The van der Waals surface area contributed by atoms with Gasteiger partial charge in [-0.1, -0.05) is 45.4 Å². The van der Waals surface area contributed by atoms with Crippen LogP contribution in [0.3, 0.4) is 0 Å². The fraction of sp³-hybridized carbons (Fsp3) is 0.938. The first-order valence-corrected chi connectivity index (χ1v) is 7.93. The van der Waals surface area contributed by atoms with Gasteiger partial charge in [-0.05, 0) is 12.8 Å². The van der Waals surface area contributed by atoms with Crippen LogP contribution in [0.4, 0.5) is 0 Å². The minimum Gasteiger partial charge on any atom is -0.481 e. The van der Waals surface area contributed by atoms with Crippen LogP contribution in [-0.2, 0) is 19.0 Å². The lowest BCUT2D eigenvalue weighted by molar-refractivity contribution is -0.380. The minimum absolute atomic E-state index is 0.0835. The van der Waals surface area contributed by atoms with Crippen molar-refractivity contribution in [1.82, 2.24) is 0 Å². The molecular formula is C16H32O5. The average Bonchev–Trinajstić information content (AvgIpc) is 2.49. The number of methoxy groups -OCH3 is 3. The van der Waals surface area contributed by atoms with Crippen molar-refractivity contribution in [3.63, 3.8) is 0 Å². The van der Waals surface area contributed by atoms with E-state index in [1.165, 1.54) is 47.0 Å². The molecule has 0 heterocycles. The van der Waals surface area contributed by atoms with Gasteiger partial charge >= 0.3 is 5.97 Å². The fourth-order valence-corrected chi connectivity index (χ4v) is 2.72. The molecule has 5 heteroatoms. The van der Waals surface area contributed by atoms with Crippen LogP contribution >= 0.6 is 0 Å². The Morgan fingerprint density at radius 2 is 1.48 bits per heavy atom. The van der Waals surface area contributed by atoms with Crippen molar-refractivity contribution < 1.29 is 24.1 Å². The molecule has 0 fully saturated rings. The zero-order chi connectivity index (χ0) is 16.1. The highest BCUT2D eigenvalue weighted by molar-refractivity contribution is 5.66. The molecule has 0 spiro atoms. The summed E-state index contributed by atoms with van der Waals surface area (Å²) < 4.78 is 16.2. The zero-order valence-corrected chi connectivity index (χ0v) is 14.0. The molecule has 1 atom stereocenters. The van der Waals surface area contributed by atoms with Crippen LogP contribution < -0.4 is 0 Å². The number of ether oxygens (including phenoxy) is 3. The number of carboxylic acid groups (broad SMARTS) is 1. The molecule has 0 aliphatic rings. The quantitative estimate of drug-likeness (QED) is 0.390. The number of rotatable bonds is 14. The zero-order valence-electron chi connectivity index (χ0n) is 14.0. The Morgan fingerprint density at radius 1 is 0.952 bits per heavy atom. The Morgan fingerprint density at radius 3 is 1.95 bits per heavy atom. The summed E-state index contributed by atoms with van der Waals surface area (Å²) >= 11 is 0. The second-order valence-electron chi connectivity index (χ2n) is 5.40. The van der Waals surface area contributed by atoms with Crippen LogP contribution in [0.15, 0.2) is 0 Å². The molecule has 0 aromatic carbocycles. The first-order valence-electron chi connectivity index (χ1n) is 7.93. The van der Waals surface area contributed by atoms with Crippen molar-refractivity contribution in [2.45, 2.75) is 70.7 Å². The molecule has 0 amide bonds. The van der Waals surface area contributed by atoms with E-state index in [1.807, 2.05) is 0 Å². The first kappa shape index (κ1) is 20.3. The predicted molar refractivity (Wildman–Crippen MR) is 82.1 cm³/mol. The van der Waals surface area contributed by atoms with Crippen LogP contribution in [-0.4, -0.2) is 38.4 Å². The molecule has 0 aliphatic carbocycles. The molecule has 0 saturated heterocycles. The maximum atomic E-state index is 10.8. The van der Waals surface area contributed by atoms with Crippen molar-refractivity contribution >= 4 is 5.97 Å². The molecule has 0 rings (SSSR count). The van der Waals surface area contributed by atoms with E-state index in [9.17, 15) is 4.79 Å². The van der Waals surface area contributed by atoms with Crippen molar-refractivity contribution in [3.8, 4) is 0 Å². The summed E-state index contributed by atoms with van der Waals surface area (Å²) in [5.74, 6) is -2.03. The van der Waals surface area contributed by atoms with Crippen molar-refractivity contribution in [2.75, 3.05) is 21.3 Å². The van der Waals surface area contributed by atoms with Gasteiger partial charge in [0, 0.05) is 33.7 Å². The van der Waals surface area contributed by atoms with E-state index in [0.717, 1.165) is 19.3 Å². The number of carboxylic acids is 1. The topological polar surface area (TPSA) is 65.0 Å². The molecule has 0 radical (unpaired) electrons. The number of aliphatic carboxylic acids is 1. The van der Waals surface area contributed by atoms with Gasteiger partial charge in [-0.3, -0.25) is 4.79 Å². The van der Waals surface area contributed by atoms with Gasteiger partial charge in [-0.2, -0.15) is 0 Å². The van der Waals surface area contributed by atoms with Gasteiger partial charge in [-0.15, -0.1) is 0 Å². The Hall–Kier alpha value is -0.650. The highest BCUT2D eigenvalue weighted by Crippen LogP contribution is 2.32. The van der Waals surface area contributed by atoms with Crippen molar-refractivity contribution in [1.29, 1.82) is 0 Å². The van der Waals surface area contributed by atoms with E-state index in [1.54, 1.807) is 0 Å². The third kappa shape index (κ3) is 7.79. The Labute approximate surface area is 129 Å². The molecule has 0 saturated carbocycles. The highest BCUT2D eigenvalue weighted by atomic mass is 16.9. The number of unbranched alkanes of at least 4 members (excludes halogenated alkanes) is 5. The van der Waals surface area contributed by atoms with Gasteiger partial charge in [-0.25, -0.2) is 0 Å². The maximum Gasteiger partial charge on any atom is 0.303 e. The molecule has 126 valence electrons. The number of hydrogen-bond donors (Lipinski definition) is 1. The molecule has 0 aromatic heterocycles. The van der Waals surface area contributed by atoms with Crippen LogP contribution in [0.1, 0.15) is 64.7 Å². The third-order valence-corrected chi connectivity index (χ3v) is 3.97. The van der Waals surface area contributed by atoms with Crippen LogP contribution in [0.5, 0.6) is 0 Å². The lowest BCUT2D eigenvalue weighted by Crippen LogP contribution is -2.44. The summed E-state index contributed by atoms with van der Waals surface area (Å²) in [4.78, 5) is 10.8. The summed E-state index contributed by atoms with van der Waals surface area (Å²) in [6.45, 7) is 2.20. The van der Waals surface area contributed by atoms with Crippen LogP contribution in [0.25, 0.3) is 0 Å². The second kappa shape index (κ2) is 12.0. The second-order valence-corrected chi connectivity index (χ2v) is 5.40. The van der Waals surface area contributed by atoms with Gasteiger partial charge in [0.15, 0.2) is 0 Å². The Balaban J connectivity index is 4.41. The molecule has 0 bridgehead atoms. The van der Waals surface area contributed by atoms with Gasteiger partial charge in [0.1, 0.15) is 0 Å². The standard InChI is InChI=1S/C16H32O5/c1-5-6-7-8-9-10-11-14(12-13-15(17)18)16(19-2,20-3)21-4/h14H,5-13H2,1-4H3,(H,17,18). The van der Waals surface area contributed by atoms with E-state index in [0.29, 0.717) is 6.42 Å². The Bertz CT molecular complexity index is 255. The molecular weight excluding hydrogens is 272 g/mol. The monoisotopic (exact) mass is 304 g/mol. The minimum atomic E-state index is -1.14. The first-order chi connectivity index (χ1) is 10.1. The summed E-state index contributed by atoms with van der Waals surface area (Å²) in [7, 11) is 4.59. The van der Waals surface area contributed by atoms with Gasteiger partial charge in [0.25, 0.3) is 5.97 Å². The molecule has 0 aromatic rings. The van der Waals surface area contributed by atoms with E-state index < -0.39 is 11.9 Å². The summed E-state index contributed by atoms with van der Waals surface area (Å²) in [6, 6.07) is 0. The lowest BCUT2D eigenvalue weighted by atomic mass is 9.93. The van der Waals surface area contributed by atoms with E-state index >= 15 is 0 Å². The van der Waals surface area contributed by atoms with Crippen molar-refractivity contribution in [3.05, 3.63) is 0 Å². The maximum absolute atomic E-state index is 10.8. The smallest absolute Gasteiger partial charge is 0.303 e. The van der Waals surface area contributed by atoms with E-state index in [-0.39, 0.29) is 12.3 Å². The van der Waals surface area contributed by atoms with Crippen molar-refractivity contribution in [2.24, 2.45) is 5.92 Å². The molecule has 0 aliphatic heterocycles. The molecule has 5 nitrogen and oxygen atoms in total. The average molecular weight is 304 g/mol. The number of hydrogen-bond acceptors (Lipinski definition) is 4. The number of carbonyl (C=O) groups is 1. The summed E-state index contributed by atoms with van der Waals surface area (Å²) in [5, 5.41) is 8.89. The van der Waals surface area contributed by atoms with Crippen LogP contribution in [0, 0.1) is 5.92 Å². The third-order valence-electron chi connectivity index (χ3n) is 3.97. The molecule has 1 N–H and O–H groups in total. The van der Waals surface area contributed by atoms with E-state index in [4.69, 9.17) is 19.3 Å². The van der Waals surface area contributed by atoms with Gasteiger partial charge in [0.05, 0.1) is 0 Å². The summed E-state index contributed by atoms with van der Waals surface area (Å²) in [6.07, 6.45) is 8.61.